The normalized spacial score (nSPS) is 13.1. The van der Waals surface area contributed by atoms with Crippen LogP contribution in [0, 0.1) is 0 Å². The van der Waals surface area contributed by atoms with E-state index in [2.05, 4.69) is 228 Å². The smallest absolute Gasteiger partial charge is 0.0726 e. The zero-order valence-electron chi connectivity index (χ0n) is 31.2. The molecule has 0 radical (unpaired) electrons. The van der Waals surface area contributed by atoms with Crippen molar-refractivity contribution in [1.29, 1.82) is 0 Å². The number of fused-ring (bicyclic) bond motifs is 13. The molecule has 57 heavy (non-hydrogen) atoms. The lowest BCUT2D eigenvalue weighted by atomic mass is 9.70. The maximum absolute atomic E-state index is 2.46. The lowest BCUT2D eigenvalue weighted by molar-refractivity contribution is 0.793. The van der Waals surface area contributed by atoms with E-state index in [4.69, 9.17) is 0 Å². The van der Waals surface area contributed by atoms with Crippen LogP contribution in [0.15, 0.2) is 218 Å². The van der Waals surface area contributed by atoms with Crippen molar-refractivity contribution in [3.8, 4) is 39.1 Å². The molecule has 0 fully saturated rings. The van der Waals surface area contributed by atoms with Gasteiger partial charge in [0.2, 0.25) is 0 Å². The Kier molecular flexibility index (Phi) is 6.88. The minimum atomic E-state index is -0.399. The Hall–Kier alpha value is -7.42. The average Bonchev–Trinajstić information content (AvgIpc) is 3.89. The van der Waals surface area contributed by atoms with Gasteiger partial charge in [0.25, 0.3) is 0 Å². The van der Waals surface area contributed by atoms with E-state index in [0.717, 1.165) is 17.1 Å². The third-order valence-electron chi connectivity index (χ3n) is 12.4. The molecule has 1 spiro atoms. The molecule has 1 heterocycles. The quantitative estimate of drug-likeness (QED) is 0.172. The fourth-order valence-electron chi connectivity index (χ4n) is 10.1. The van der Waals surface area contributed by atoms with Crippen LogP contribution in [-0.2, 0) is 5.41 Å². The first kappa shape index (κ1) is 31.9. The topological polar surface area (TPSA) is 8.17 Å². The van der Waals surface area contributed by atoms with Gasteiger partial charge in [0.15, 0.2) is 0 Å². The van der Waals surface area contributed by atoms with E-state index in [1.54, 1.807) is 0 Å². The Bertz CT molecular complexity index is 3110. The fourth-order valence-corrected chi connectivity index (χ4v) is 10.1. The Balaban J connectivity index is 1.00. The zero-order valence-corrected chi connectivity index (χ0v) is 31.2. The highest BCUT2D eigenvalue weighted by Crippen LogP contribution is 2.63. The van der Waals surface area contributed by atoms with Crippen molar-refractivity contribution in [3.05, 3.63) is 241 Å². The summed E-state index contributed by atoms with van der Waals surface area (Å²) >= 11 is 0. The molecule has 0 bridgehead atoms. The molecule has 0 atom stereocenters. The summed E-state index contributed by atoms with van der Waals surface area (Å²) in [4.78, 5) is 2.41. The van der Waals surface area contributed by atoms with Gasteiger partial charge in [-0.05, 0) is 122 Å². The number of para-hydroxylation sites is 3. The second-order valence-corrected chi connectivity index (χ2v) is 15.3. The van der Waals surface area contributed by atoms with Gasteiger partial charge in [-0.1, -0.05) is 152 Å². The minimum Gasteiger partial charge on any atom is -0.310 e. The van der Waals surface area contributed by atoms with Crippen LogP contribution < -0.4 is 4.90 Å². The van der Waals surface area contributed by atoms with Gasteiger partial charge in [-0.25, -0.2) is 0 Å². The van der Waals surface area contributed by atoms with Crippen LogP contribution in [0.4, 0.5) is 17.1 Å². The molecule has 0 aliphatic heterocycles. The summed E-state index contributed by atoms with van der Waals surface area (Å²) in [6, 6.07) is 80.4. The summed E-state index contributed by atoms with van der Waals surface area (Å²) in [5.74, 6) is 0. The van der Waals surface area contributed by atoms with Gasteiger partial charge in [0, 0.05) is 33.5 Å². The van der Waals surface area contributed by atoms with Gasteiger partial charge < -0.3 is 9.47 Å². The van der Waals surface area contributed by atoms with Gasteiger partial charge in [0.05, 0.1) is 16.4 Å². The lowest BCUT2D eigenvalue weighted by Gasteiger charge is -2.32. The molecule has 0 saturated heterocycles. The molecule has 1 aromatic heterocycles. The molecule has 266 valence electrons. The maximum atomic E-state index is 2.46. The van der Waals surface area contributed by atoms with Crippen molar-refractivity contribution in [2.45, 2.75) is 5.41 Å². The molecular formula is C55H36N2. The Morgan fingerprint density at radius 3 is 1.47 bits per heavy atom. The summed E-state index contributed by atoms with van der Waals surface area (Å²) in [6.07, 6.45) is 0. The molecule has 9 aromatic carbocycles. The van der Waals surface area contributed by atoms with E-state index in [1.165, 1.54) is 83.1 Å². The van der Waals surface area contributed by atoms with E-state index in [9.17, 15) is 0 Å². The van der Waals surface area contributed by atoms with E-state index in [0.29, 0.717) is 0 Å². The van der Waals surface area contributed by atoms with Crippen molar-refractivity contribution in [2.75, 3.05) is 4.90 Å². The molecule has 0 unspecified atom stereocenters. The first-order valence-corrected chi connectivity index (χ1v) is 19.8. The Morgan fingerprint density at radius 2 is 0.807 bits per heavy atom. The van der Waals surface area contributed by atoms with Crippen LogP contribution in [0.5, 0.6) is 0 Å². The second-order valence-electron chi connectivity index (χ2n) is 15.3. The fraction of sp³-hybridized carbons (Fsp3) is 0.0182. The van der Waals surface area contributed by atoms with Gasteiger partial charge in [-0.3, -0.25) is 0 Å². The summed E-state index contributed by atoms with van der Waals surface area (Å²) < 4.78 is 2.37. The molecule has 2 aliphatic carbocycles. The van der Waals surface area contributed by atoms with Crippen molar-refractivity contribution in [2.24, 2.45) is 0 Å². The number of hydrogen-bond acceptors (Lipinski definition) is 1. The highest BCUT2D eigenvalue weighted by molar-refractivity contribution is 6.10. The number of anilines is 3. The number of nitrogens with zero attached hydrogens (tertiary/aromatic N) is 2. The van der Waals surface area contributed by atoms with E-state index < -0.39 is 5.41 Å². The van der Waals surface area contributed by atoms with Gasteiger partial charge in [0.1, 0.15) is 0 Å². The van der Waals surface area contributed by atoms with Gasteiger partial charge in [-0.15, -0.1) is 0 Å². The van der Waals surface area contributed by atoms with Crippen molar-refractivity contribution >= 4 is 38.9 Å². The maximum Gasteiger partial charge on any atom is 0.0726 e. The Labute approximate surface area is 332 Å². The highest BCUT2D eigenvalue weighted by Gasteiger charge is 2.51. The summed E-state index contributed by atoms with van der Waals surface area (Å²) in [7, 11) is 0. The average molecular weight is 725 g/mol. The molecule has 0 N–H and O–H groups in total. The number of hydrogen-bond donors (Lipinski definition) is 0. The minimum absolute atomic E-state index is 0.399. The lowest BCUT2D eigenvalue weighted by Crippen LogP contribution is -2.26. The number of benzene rings is 9. The first-order chi connectivity index (χ1) is 28.3. The summed E-state index contributed by atoms with van der Waals surface area (Å²) in [6.45, 7) is 0. The monoisotopic (exact) mass is 724 g/mol. The predicted molar refractivity (Wildman–Crippen MR) is 237 cm³/mol. The third kappa shape index (κ3) is 4.53. The van der Waals surface area contributed by atoms with Crippen LogP contribution in [0.3, 0.4) is 0 Å². The summed E-state index contributed by atoms with van der Waals surface area (Å²) in [5, 5.41) is 2.51. The van der Waals surface area contributed by atoms with E-state index in [1.807, 2.05) is 0 Å². The zero-order chi connectivity index (χ0) is 37.5. The van der Waals surface area contributed by atoms with Crippen LogP contribution >= 0.6 is 0 Å². The highest BCUT2D eigenvalue weighted by atomic mass is 15.1. The molecule has 2 aliphatic rings. The van der Waals surface area contributed by atoms with Crippen molar-refractivity contribution < 1.29 is 0 Å². The van der Waals surface area contributed by atoms with Crippen molar-refractivity contribution in [3.63, 3.8) is 0 Å². The molecule has 2 nitrogen and oxygen atoms in total. The molecule has 12 rings (SSSR count). The number of rotatable bonds is 5. The van der Waals surface area contributed by atoms with Gasteiger partial charge in [-0.2, -0.15) is 0 Å². The van der Waals surface area contributed by atoms with E-state index >= 15 is 0 Å². The second kappa shape index (κ2) is 12.3. The Morgan fingerprint density at radius 1 is 0.316 bits per heavy atom. The molecular weight excluding hydrogens is 689 g/mol. The van der Waals surface area contributed by atoms with E-state index in [-0.39, 0.29) is 0 Å². The third-order valence-corrected chi connectivity index (χ3v) is 12.4. The number of aromatic nitrogens is 1. The molecule has 10 aromatic rings. The van der Waals surface area contributed by atoms with Crippen LogP contribution in [0.2, 0.25) is 0 Å². The summed E-state index contributed by atoms with van der Waals surface area (Å²) in [5.41, 5.74) is 19.6. The van der Waals surface area contributed by atoms with Crippen LogP contribution in [0.1, 0.15) is 22.3 Å². The molecule has 2 heteroatoms. The first-order valence-electron chi connectivity index (χ1n) is 19.8. The molecule has 0 amide bonds. The standard InChI is InChI=1S/C55H36N2/c1-3-15-39(16-4-1)56(41-30-27-37(28-31-41)38-29-34-54-48(35-38)47-22-10-14-26-53(47)57(54)40-17-5-2-6-18-40)42-32-33-46-45-21-9-13-25-51(45)55(52(46)36-42)49-23-11-7-19-43(49)44-20-8-12-24-50(44)55/h1-36H. The predicted octanol–water partition coefficient (Wildman–Crippen LogP) is 14.3. The van der Waals surface area contributed by atoms with Gasteiger partial charge >= 0.3 is 0 Å². The van der Waals surface area contributed by atoms with Crippen LogP contribution in [0.25, 0.3) is 60.9 Å². The largest absolute Gasteiger partial charge is 0.310 e. The van der Waals surface area contributed by atoms with Crippen LogP contribution in [-0.4, -0.2) is 4.57 Å². The van der Waals surface area contributed by atoms with Crippen molar-refractivity contribution in [1.82, 2.24) is 4.57 Å². The SMILES string of the molecule is c1ccc(N(c2ccc(-c3ccc4c(c3)c3ccccc3n4-c3ccccc3)cc2)c2ccc3c(c2)C2(c4ccccc4-c4ccccc42)c2ccccc2-3)cc1. The molecule has 0 saturated carbocycles.